The average Bonchev–Trinajstić information content (AvgIpc) is 3.05. The van der Waals surface area contributed by atoms with Crippen molar-refractivity contribution in [2.24, 2.45) is 23.7 Å². The molecule has 4 heteroatoms. The van der Waals surface area contributed by atoms with Crippen molar-refractivity contribution in [2.45, 2.75) is 33.1 Å². The Labute approximate surface area is 102 Å². The molecule has 2 aliphatic rings. The van der Waals surface area contributed by atoms with Crippen molar-refractivity contribution in [1.82, 2.24) is 4.90 Å². The topological polar surface area (TPSA) is 57.6 Å². The Morgan fingerprint density at radius 3 is 2.47 bits per heavy atom. The van der Waals surface area contributed by atoms with Gasteiger partial charge in [-0.15, -0.1) is 0 Å². The summed E-state index contributed by atoms with van der Waals surface area (Å²) >= 11 is 0. The molecule has 1 unspecified atom stereocenters. The van der Waals surface area contributed by atoms with Crippen LogP contribution in [0.2, 0.25) is 0 Å². The van der Waals surface area contributed by atoms with Crippen molar-refractivity contribution < 1.29 is 14.7 Å². The van der Waals surface area contributed by atoms with E-state index in [9.17, 15) is 14.7 Å². The maximum Gasteiger partial charge on any atom is 0.308 e. The Kier molecular flexibility index (Phi) is 3.40. The molecule has 0 aromatic heterocycles. The van der Waals surface area contributed by atoms with Crippen LogP contribution >= 0.6 is 0 Å². The summed E-state index contributed by atoms with van der Waals surface area (Å²) in [5.74, 6) is -0.188. The largest absolute Gasteiger partial charge is 0.481 e. The predicted octanol–water partition coefficient (Wildman–Crippen LogP) is 1.60. The van der Waals surface area contributed by atoms with Crippen LogP contribution in [-0.4, -0.2) is 35.0 Å². The summed E-state index contributed by atoms with van der Waals surface area (Å²) in [5, 5.41) is 9.22. The van der Waals surface area contributed by atoms with Crippen molar-refractivity contribution in [3.8, 4) is 0 Å². The predicted molar refractivity (Wildman–Crippen MR) is 63.4 cm³/mol. The molecule has 1 amide bonds. The summed E-state index contributed by atoms with van der Waals surface area (Å²) in [6, 6.07) is 0. The Balaban J connectivity index is 2.03. The molecule has 17 heavy (non-hydrogen) atoms. The number of carbonyl (C=O) groups is 2. The molecule has 1 saturated carbocycles. The summed E-state index contributed by atoms with van der Waals surface area (Å²) in [5.41, 5.74) is 0. The smallest absolute Gasteiger partial charge is 0.308 e. The molecule has 96 valence electrons. The van der Waals surface area contributed by atoms with Crippen LogP contribution in [0.1, 0.15) is 33.1 Å². The molecule has 0 aromatic rings. The average molecular weight is 239 g/mol. The minimum absolute atomic E-state index is 0.0161. The van der Waals surface area contributed by atoms with Gasteiger partial charge in [0.2, 0.25) is 5.91 Å². The lowest BCUT2D eigenvalue weighted by Crippen LogP contribution is -2.33. The second-order valence-corrected chi connectivity index (χ2v) is 5.50. The summed E-state index contributed by atoms with van der Waals surface area (Å²) in [7, 11) is 0. The van der Waals surface area contributed by atoms with Gasteiger partial charge in [-0.2, -0.15) is 0 Å². The number of aliphatic carboxylic acids is 1. The van der Waals surface area contributed by atoms with Gasteiger partial charge >= 0.3 is 5.97 Å². The summed E-state index contributed by atoms with van der Waals surface area (Å²) in [4.78, 5) is 25.1. The lowest BCUT2D eigenvalue weighted by Gasteiger charge is -2.19. The number of carbonyl (C=O) groups excluding carboxylic acids is 1. The van der Waals surface area contributed by atoms with Gasteiger partial charge in [0.05, 0.1) is 5.92 Å². The van der Waals surface area contributed by atoms with Crippen LogP contribution in [0.5, 0.6) is 0 Å². The molecule has 0 bridgehead atoms. The van der Waals surface area contributed by atoms with E-state index in [2.05, 4.69) is 0 Å². The van der Waals surface area contributed by atoms with Crippen LogP contribution in [0.25, 0.3) is 0 Å². The number of nitrogens with zero attached hydrogens (tertiary/aromatic N) is 1. The Bertz CT molecular complexity index is 325. The Morgan fingerprint density at radius 2 is 2.00 bits per heavy atom. The summed E-state index contributed by atoms with van der Waals surface area (Å²) in [6.07, 6.45) is 3.10. The molecule has 4 nitrogen and oxygen atoms in total. The van der Waals surface area contributed by atoms with Crippen LogP contribution in [0.3, 0.4) is 0 Å². The fourth-order valence-electron chi connectivity index (χ4n) is 2.76. The van der Waals surface area contributed by atoms with E-state index in [-0.39, 0.29) is 23.7 Å². The first-order valence-electron chi connectivity index (χ1n) is 6.56. The van der Waals surface area contributed by atoms with Crippen LogP contribution in [0, 0.1) is 23.7 Å². The quantitative estimate of drug-likeness (QED) is 0.810. The molecule has 0 aromatic carbocycles. The second kappa shape index (κ2) is 4.67. The number of amides is 1. The molecule has 2 fully saturated rings. The summed E-state index contributed by atoms with van der Waals surface area (Å²) in [6.45, 7) is 4.98. The van der Waals surface area contributed by atoms with Gasteiger partial charge in [-0.05, 0) is 31.1 Å². The zero-order valence-corrected chi connectivity index (χ0v) is 10.6. The number of carboxylic acid groups (broad SMARTS) is 1. The van der Waals surface area contributed by atoms with Gasteiger partial charge in [-0.1, -0.05) is 13.8 Å². The molecule has 1 heterocycles. The highest BCUT2D eigenvalue weighted by Crippen LogP contribution is 2.44. The van der Waals surface area contributed by atoms with E-state index in [1.807, 2.05) is 13.8 Å². The van der Waals surface area contributed by atoms with Gasteiger partial charge in [-0.3, -0.25) is 9.59 Å². The molecule has 2 rings (SSSR count). The third-order valence-electron chi connectivity index (χ3n) is 4.26. The Hall–Kier alpha value is -1.06. The van der Waals surface area contributed by atoms with Gasteiger partial charge in [0.15, 0.2) is 0 Å². The van der Waals surface area contributed by atoms with E-state index in [4.69, 9.17) is 0 Å². The van der Waals surface area contributed by atoms with E-state index in [1.165, 1.54) is 0 Å². The van der Waals surface area contributed by atoms with Crippen LogP contribution in [0.15, 0.2) is 0 Å². The number of hydrogen-bond donors (Lipinski definition) is 1. The molecule has 1 aliphatic heterocycles. The van der Waals surface area contributed by atoms with Crippen molar-refractivity contribution in [3.05, 3.63) is 0 Å². The highest BCUT2D eigenvalue weighted by Gasteiger charge is 2.47. The maximum absolute atomic E-state index is 12.1. The number of rotatable bonds is 4. The highest BCUT2D eigenvalue weighted by atomic mass is 16.4. The minimum Gasteiger partial charge on any atom is -0.481 e. The highest BCUT2D eigenvalue weighted by molar-refractivity contribution is 5.80. The third kappa shape index (κ3) is 2.45. The molecular weight excluding hydrogens is 218 g/mol. The number of likely N-dealkylation sites (tertiary alicyclic amines) is 1. The fraction of sp³-hybridized carbons (Fsp3) is 0.846. The molecule has 3 atom stereocenters. The standard InChI is InChI=1S/C13H21NO3/c1-3-8(2)12(15)14-6-10(9-4-5-9)11(7-14)13(16)17/h8-11H,3-7H2,1-2H3,(H,16,17)/t8?,10-,11+/m1/s1. The summed E-state index contributed by atoms with van der Waals surface area (Å²) < 4.78 is 0. The van der Waals surface area contributed by atoms with Gasteiger partial charge in [0, 0.05) is 19.0 Å². The first-order chi connectivity index (χ1) is 8.04. The van der Waals surface area contributed by atoms with Crippen molar-refractivity contribution in [3.63, 3.8) is 0 Å². The first-order valence-corrected chi connectivity index (χ1v) is 6.56. The van der Waals surface area contributed by atoms with Gasteiger partial charge < -0.3 is 10.0 Å². The minimum atomic E-state index is -0.735. The molecule has 1 aliphatic carbocycles. The van der Waals surface area contributed by atoms with E-state index in [0.717, 1.165) is 19.3 Å². The monoisotopic (exact) mass is 239 g/mol. The van der Waals surface area contributed by atoms with Crippen LogP contribution < -0.4 is 0 Å². The maximum atomic E-state index is 12.1. The van der Waals surface area contributed by atoms with Crippen LogP contribution in [-0.2, 0) is 9.59 Å². The van der Waals surface area contributed by atoms with Gasteiger partial charge in [0.25, 0.3) is 0 Å². The zero-order valence-electron chi connectivity index (χ0n) is 10.6. The van der Waals surface area contributed by atoms with Crippen molar-refractivity contribution >= 4 is 11.9 Å². The normalized spacial score (nSPS) is 30.4. The zero-order chi connectivity index (χ0) is 12.6. The van der Waals surface area contributed by atoms with E-state index in [0.29, 0.717) is 19.0 Å². The van der Waals surface area contributed by atoms with Crippen molar-refractivity contribution in [1.29, 1.82) is 0 Å². The third-order valence-corrected chi connectivity index (χ3v) is 4.26. The van der Waals surface area contributed by atoms with E-state index >= 15 is 0 Å². The first kappa shape index (κ1) is 12.4. The SMILES string of the molecule is CCC(C)C(=O)N1C[C@H](C(=O)O)[C@@H](C2CC2)C1. The fourth-order valence-corrected chi connectivity index (χ4v) is 2.76. The van der Waals surface area contributed by atoms with Crippen molar-refractivity contribution in [2.75, 3.05) is 13.1 Å². The van der Waals surface area contributed by atoms with Gasteiger partial charge in [-0.25, -0.2) is 0 Å². The lowest BCUT2D eigenvalue weighted by molar-refractivity contribution is -0.143. The molecular formula is C13H21NO3. The number of carboxylic acids is 1. The van der Waals surface area contributed by atoms with Gasteiger partial charge in [0.1, 0.15) is 0 Å². The Morgan fingerprint density at radius 1 is 1.35 bits per heavy atom. The second-order valence-electron chi connectivity index (χ2n) is 5.50. The van der Waals surface area contributed by atoms with Crippen LogP contribution in [0.4, 0.5) is 0 Å². The molecule has 1 N–H and O–H groups in total. The molecule has 0 radical (unpaired) electrons. The van der Waals surface area contributed by atoms with E-state index in [1.54, 1.807) is 4.90 Å². The van der Waals surface area contributed by atoms with E-state index < -0.39 is 5.97 Å². The number of hydrogen-bond acceptors (Lipinski definition) is 2. The molecule has 1 saturated heterocycles. The molecule has 0 spiro atoms. The lowest BCUT2D eigenvalue weighted by atomic mass is 9.92.